The molecule has 0 aliphatic carbocycles. The number of anilines is 1. The Morgan fingerprint density at radius 3 is 2.86 bits per heavy atom. The fourth-order valence-corrected chi connectivity index (χ4v) is 3.66. The van der Waals surface area contributed by atoms with Crippen molar-refractivity contribution in [3.63, 3.8) is 0 Å². The summed E-state index contributed by atoms with van der Waals surface area (Å²) in [5.41, 5.74) is 0.496. The lowest BCUT2D eigenvalue weighted by Crippen LogP contribution is -2.13. The Labute approximate surface area is 138 Å². The first-order chi connectivity index (χ1) is 10.6. The van der Waals surface area contributed by atoms with Crippen LogP contribution in [0.5, 0.6) is 5.75 Å². The summed E-state index contributed by atoms with van der Waals surface area (Å²) in [5, 5.41) is 11.9. The fourth-order valence-electron chi connectivity index (χ4n) is 1.66. The fraction of sp³-hybridized carbons (Fsp3) is 0.400. The molecular formula is C15H19N3O2S2. The van der Waals surface area contributed by atoms with Crippen molar-refractivity contribution >= 4 is 34.1 Å². The molecule has 1 atom stereocenters. The van der Waals surface area contributed by atoms with E-state index in [0.717, 1.165) is 10.8 Å². The predicted octanol–water partition coefficient (Wildman–Crippen LogP) is 4.08. The van der Waals surface area contributed by atoms with Crippen molar-refractivity contribution in [1.82, 2.24) is 10.2 Å². The molecule has 0 fully saturated rings. The summed E-state index contributed by atoms with van der Waals surface area (Å²) in [6.07, 6.45) is 1.06. The smallest absolute Gasteiger partial charge is 0.261 e. The van der Waals surface area contributed by atoms with Gasteiger partial charge in [-0.3, -0.25) is 10.1 Å². The highest BCUT2D eigenvalue weighted by atomic mass is 32.2. The van der Waals surface area contributed by atoms with Crippen LogP contribution < -0.4 is 10.1 Å². The van der Waals surface area contributed by atoms with Gasteiger partial charge in [-0.15, -0.1) is 10.2 Å². The summed E-state index contributed by atoms with van der Waals surface area (Å²) in [5.74, 6) is 0.335. The minimum Gasteiger partial charge on any atom is -0.493 e. The minimum atomic E-state index is -0.236. The van der Waals surface area contributed by atoms with E-state index < -0.39 is 0 Å². The zero-order valence-corrected chi connectivity index (χ0v) is 14.5. The van der Waals surface area contributed by atoms with Crippen molar-refractivity contribution in [1.29, 1.82) is 0 Å². The number of benzene rings is 1. The van der Waals surface area contributed by atoms with Crippen LogP contribution in [0.2, 0.25) is 0 Å². The molecule has 5 nitrogen and oxygen atoms in total. The molecule has 2 rings (SSSR count). The molecule has 2 aromatic rings. The number of thioether (sulfide) groups is 1. The number of para-hydroxylation sites is 1. The first-order valence-electron chi connectivity index (χ1n) is 7.17. The van der Waals surface area contributed by atoms with Crippen LogP contribution in [0.3, 0.4) is 0 Å². The number of nitrogens with zero attached hydrogens (tertiary/aromatic N) is 2. The molecule has 0 unspecified atom stereocenters. The van der Waals surface area contributed by atoms with Gasteiger partial charge in [0, 0.05) is 5.25 Å². The summed E-state index contributed by atoms with van der Waals surface area (Å²) in [6.45, 7) is 6.67. The van der Waals surface area contributed by atoms with Crippen LogP contribution >= 0.6 is 23.1 Å². The molecular weight excluding hydrogens is 318 g/mol. The van der Waals surface area contributed by atoms with Crippen LogP contribution in [0.1, 0.15) is 37.6 Å². The predicted molar refractivity (Wildman–Crippen MR) is 91.1 cm³/mol. The van der Waals surface area contributed by atoms with Crippen LogP contribution in [0.25, 0.3) is 0 Å². The quantitative estimate of drug-likeness (QED) is 0.609. The Morgan fingerprint density at radius 1 is 1.36 bits per heavy atom. The van der Waals surface area contributed by atoms with E-state index in [0.29, 0.717) is 28.3 Å². The molecule has 0 spiro atoms. The summed E-state index contributed by atoms with van der Waals surface area (Å²) in [6, 6.07) is 7.16. The number of hydrogen-bond donors (Lipinski definition) is 1. The number of carbonyl (C=O) groups excluding carboxylic acids is 1. The summed E-state index contributed by atoms with van der Waals surface area (Å²) in [7, 11) is 0. The van der Waals surface area contributed by atoms with Crippen molar-refractivity contribution in [3.8, 4) is 5.75 Å². The number of rotatable bonds is 7. The Bertz CT molecular complexity index is 631. The van der Waals surface area contributed by atoms with Gasteiger partial charge in [-0.2, -0.15) is 0 Å². The maximum Gasteiger partial charge on any atom is 0.261 e. The molecule has 118 valence electrons. The van der Waals surface area contributed by atoms with E-state index in [1.165, 1.54) is 11.3 Å². The van der Waals surface area contributed by atoms with Crippen LogP contribution in [-0.2, 0) is 0 Å². The molecule has 22 heavy (non-hydrogen) atoms. The molecule has 0 aliphatic heterocycles. The zero-order valence-electron chi connectivity index (χ0n) is 12.8. The number of carbonyl (C=O) groups is 1. The van der Waals surface area contributed by atoms with Gasteiger partial charge in [0.2, 0.25) is 5.13 Å². The van der Waals surface area contributed by atoms with Crippen molar-refractivity contribution in [2.45, 2.75) is 36.8 Å². The van der Waals surface area contributed by atoms with Gasteiger partial charge in [-0.25, -0.2) is 0 Å². The summed E-state index contributed by atoms with van der Waals surface area (Å²) < 4.78 is 6.33. The molecule has 0 aliphatic rings. The topological polar surface area (TPSA) is 64.1 Å². The second kappa shape index (κ2) is 8.14. The molecule has 0 radical (unpaired) electrons. The van der Waals surface area contributed by atoms with Gasteiger partial charge in [-0.1, -0.05) is 49.1 Å². The SMILES string of the molecule is CCOc1ccccc1C(=O)Nc1nnc(S[C@@H](C)CC)s1. The second-order valence-corrected chi connectivity index (χ2v) is 7.26. The Kier molecular flexibility index (Phi) is 6.21. The molecule has 1 aromatic heterocycles. The average molecular weight is 337 g/mol. The lowest BCUT2D eigenvalue weighted by Gasteiger charge is -2.08. The highest BCUT2D eigenvalue weighted by Crippen LogP contribution is 2.30. The number of amides is 1. The number of ether oxygens (including phenoxy) is 1. The van der Waals surface area contributed by atoms with E-state index in [2.05, 4.69) is 29.4 Å². The third-order valence-electron chi connectivity index (χ3n) is 2.94. The maximum atomic E-state index is 12.3. The van der Waals surface area contributed by atoms with E-state index in [-0.39, 0.29) is 5.91 Å². The van der Waals surface area contributed by atoms with Gasteiger partial charge in [0.1, 0.15) is 5.75 Å². The average Bonchev–Trinajstić information content (AvgIpc) is 2.95. The molecule has 0 saturated carbocycles. The second-order valence-electron chi connectivity index (χ2n) is 4.59. The molecule has 1 amide bonds. The molecule has 7 heteroatoms. The summed E-state index contributed by atoms with van der Waals surface area (Å²) in [4.78, 5) is 12.3. The molecule has 1 heterocycles. The van der Waals surface area contributed by atoms with Gasteiger partial charge >= 0.3 is 0 Å². The highest BCUT2D eigenvalue weighted by molar-refractivity contribution is 8.01. The Morgan fingerprint density at radius 2 is 2.14 bits per heavy atom. The van der Waals surface area contributed by atoms with Crippen LogP contribution in [0.4, 0.5) is 5.13 Å². The van der Waals surface area contributed by atoms with Crippen molar-refractivity contribution < 1.29 is 9.53 Å². The first kappa shape index (κ1) is 16.8. The standard InChI is InChI=1S/C15H19N3O2S2/c1-4-10(3)21-15-18-17-14(22-15)16-13(19)11-8-6-7-9-12(11)20-5-2/h6-10H,4-5H2,1-3H3,(H,16,17,19)/t10-/m0/s1. The Hall–Kier alpha value is -1.60. The van der Waals surface area contributed by atoms with E-state index in [9.17, 15) is 4.79 Å². The Balaban J connectivity index is 2.06. The van der Waals surface area contributed by atoms with Crippen molar-refractivity contribution in [2.24, 2.45) is 0 Å². The lowest BCUT2D eigenvalue weighted by molar-refractivity contribution is 0.102. The highest BCUT2D eigenvalue weighted by Gasteiger charge is 2.15. The van der Waals surface area contributed by atoms with Gasteiger partial charge in [0.25, 0.3) is 5.91 Å². The zero-order chi connectivity index (χ0) is 15.9. The summed E-state index contributed by atoms with van der Waals surface area (Å²) >= 11 is 3.05. The number of hydrogen-bond acceptors (Lipinski definition) is 6. The number of aromatic nitrogens is 2. The third kappa shape index (κ3) is 4.45. The van der Waals surface area contributed by atoms with E-state index in [4.69, 9.17) is 4.74 Å². The van der Waals surface area contributed by atoms with E-state index in [1.807, 2.05) is 19.1 Å². The van der Waals surface area contributed by atoms with E-state index >= 15 is 0 Å². The van der Waals surface area contributed by atoms with Crippen molar-refractivity contribution in [2.75, 3.05) is 11.9 Å². The van der Waals surface area contributed by atoms with E-state index in [1.54, 1.807) is 23.9 Å². The normalized spacial score (nSPS) is 12.0. The van der Waals surface area contributed by atoms with Crippen LogP contribution in [-0.4, -0.2) is 28.0 Å². The van der Waals surface area contributed by atoms with Gasteiger partial charge in [-0.05, 0) is 25.5 Å². The van der Waals surface area contributed by atoms with Crippen LogP contribution in [0, 0.1) is 0 Å². The van der Waals surface area contributed by atoms with Crippen molar-refractivity contribution in [3.05, 3.63) is 29.8 Å². The largest absolute Gasteiger partial charge is 0.493 e. The van der Waals surface area contributed by atoms with Gasteiger partial charge < -0.3 is 4.74 Å². The third-order valence-corrected chi connectivity index (χ3v) is 5.13. The first-order valence-corrected chi connectivity index (χ1v) is 8.87. The molecule has 0 bridgehead atoms. The monoisotopic (exact) mass is 337 g/mol. The number of nitrogens with one attached hydrogen (secondary N) is 1. The van der Waals surface area contributed by atoms with Crippen LogP contribution in [0.15, 0.2) is 28.6 Å². The molecule has 0 saturated heterocycles. The van der Waals surface area contributed by atoms with Gasteiger partial charge in [0.15, 0.2) is 4.34 Å². The van der Waals surface area contributed by atoms with Gasteiger partial charge in [0.05, 0.1) is 12.2 Å². The lowest BCUT2D eigenvalue weighted by atomic mass is 10.2. The minimum absolute atomic E-state index is 0.236. The maximum absolute atomic E-state index is 12.3. The molecule has 1 aromatic carbocycles. The molecule has 1 N–H and O–H groups in total.